The van der Waals surface area contributed by atoms with E-state index in [2.05, 4.69) is 15.2 Å². The first-order chi connectivity index (χ1) is 5.47. The highest BCUT2D eigenvalue weighted by Crippen LogP contribution is 2.15. The zero-order valence-electron chi connectivity index (χ0n) is 5.69. The molecule has 55 valence electrons. The van der Waals surface area contributed by atoms with E-state index in [-0.39, 0.29) is 0 Å². The van der Waals surface area contributed by atoms with E-state index in [1.165, 1.54) is 6.33 Å². The van der Waals surface area contributed by atoms with Crippen molar-refractivity contribution >= 4 is 5.57 Å². The van der Waals surface area contributed by atoms with Gasteiger partial charge in [0, 0.05) is 5.57 Å². The average Bonchev–Trinajstić information content (AvgIpc) is 2.58. The van der Waals surface area contributed by atoms with Crippen LogP contribution in [0.1, 0.15) is 5.82 Å². The van der Waals surface area contributed by atoms with Gasteiger partial charge < -0.3 is 9.72 Å². The molecule has 0 saturated carbocycles. The van der Waals surface area contributed by atoms with Gasteiger partial charge >= 0.3 is 0 Å². The molecule has 0 bridgehead atoms. The molecule has 0 spiro atoms. The first-order valence-electron chi connectivity index (χ1n) is 3.19. The Bertz CT molecular complexity index is 287. The highest BCUT2D eigenvalue weighted by molar-refractivity contribution is 5.67. The maximum atomic E-state index is 4.94. The third-order valence-electron chi connectivity index (χ3n) is 1.32. The van der Waals surface area contributed by atoms with Gasteiger partial charge in [0.2, 0.25) is 0 Å². The SMILES string of the molecule is [CH]1OC=CC=C1c1nnc[nH]1. The van der Waals surface area contributed by atoms with Gasteiger partial charge in [-0.25, -0.2) is 0 Å². The van der Waals surface area contributed by atoms with Gasteiger partial charge in [0.1, 0.15) is 6.33 Å². The summed E-state index contributed by atoms with van der Waals surface area (Å²) in [5.41, 5.74) is 0.894. The van der Waals surface area contributed by atoms with Crippen LogP contribution in [0.4, 0.5) is 0 Å². The number of ether oxygens (including phenoxy) is 1. The fraction of sp³-hybridized carbons (Fsp3) is 0. The van der Waals surface area contributed by atoms with Gasteiger partial charge in [0.15, 0.2) is 12.4 Å². The van der Waals surface area contributed by atoms with Crippen molar-refractivity contribution in [1.29, 1.82) is 0 Å². The highest BCUT2D eigenvalue weighted by Gasteiger charge is 2.06. The van der Waals surface area contributed by atoms with Crippen molar-refractivity contribution in [2.45, 2.75) is 0 Å². The van der Waals surface area contributed by atoms with Crippen molar-refractivity contribution in [3.05, 3.63) is 37.2 Å². The Hall–Kier alpha value is -1.58. The van der Waals surface area contributed by atoms with Crippen LogP contribution in [0.3, 0.4) is 0 Å². The van der Waals surface area contributed by atoms with E-state index >= 15 is 0 Å². The molecule has 0 aliphatic carbocycles. The summed E-state index contributed by atoms with van der Waals surface area (Å²) in [4.78, 5) is 2.87. The van der Waals surface area contributed by atoms with E-state index in [0.29, 0.717) is 5.82 Å². The second-order valence-corrected chi connectivity index (χ2v) is 2.04. The van der Waals surface area contributed by atoms with E-state index in [9.17, 15) is 0 Å². The molecular formula is C7H6N3O. The maximum Gasteiger partial charge on any atom is 0.167 e. The standard InChI is InChI=1S/C7H6N3O/c1-2-6(4-11-3-1)7-8-5-9-10-7/h1-5H,(H,8,9,10). The molecule has 0 atom stereocenters. The lowest BCUT2D eigenvalue weighted by Gasteiger charge is -2.04. The van der Waals surface area contributed by atoms with Gasteiger partial charge in [-0.3, -0.25) is 0 Å². The first kappa shape index (κ1) is 6.15. The van der Waals surface area contributed by atoms with Crippen LogP contribution in [-0.2, 0) is 4.74 Å². The molecule has 0 saturated heterocycles. The summed E-state index contributed by atoms with van der Waals surface area (Å²) >= 11 is 0. The summed E-state index contributed by atoms with van der Waals surface area (Å²) in [7, 11) is 0. The predicted molar refractivity (Wildman–Crippen MR) is 38.9 cm³/mol. The van der Waals surface area contributed by atoms with Crippen LogP contribution in [0.25, 0.3) is 5.57 Å². The minimum absolute atomic E-state index is 0.717. The molecule has 11 heavy (non-hydrogen) atoms. The number of aromatic nitrogens is 3. The zero-order chi connectivity index (χ0) is 7.52. The average molecular weight is 148 g/mol. The van der Waals surface area contributed by atoms with Gasteiger partial charge in [-0.1, -0.05) is 0 Å². The number of hydrogen-bond acceptors (Lipinski definition) is 3. The summed E-state index contributed by atoms with van der Waals surface area (Å²) in [5.74, 6) is 0.717. The number of nitrogens with one attached hydrogen (secondary N) is 1. The number of allylic oxidation sites excluding steroid dienone is 2. The van der Waals surface area contributed by atoms with Gasteiger partial charge in [0.05, 0.1) is 6.26 Å². The Morgan fingerprint density at radius 2 is 2.45 bits per heavy atom. The van der Waals surface area contributed by atoms with Crippen LogP contribution < -0.4 is 0 Å². The Labute approximate surface area is 63.6 Å². The molecule has 2 rings (SSSR count). The van der Waals surface area contributed by atoms with Crippen molar-refractivity contribution in [3.8, 4) is 0 Å². The van der Waals surface area contributed by atoms with Crippen molar-refractivity contribution in [2.24, 2.45) is 0 Å². The highest BCUT2D eigenvalue weighted by atomic mass is 16.5. The molecule has 1 aromatic heterocycles. The molecule has 4 nitrogen and oxygen atoms in total. The van der Waals surface area contributed by atoms with E-state index in [1.807, 2.05) is 6.08 Å². The first-order valence-corrected chi connectivity index (χ1v) is 3.19. The van der Waals surface area contributed by atoms with Crippen LogP contribution in [0.15, 0.2) is 24.7 Å². The molecule has 2 heterocycles. The Morgan fingerprint density at radius 1 is 1.45 bits per heavy atom. The molecular weight excluding hydrogens is 142 g/mol. The molecule has 0 amide bonds. The van der Waals surface area contributed by atoms with Gasteiger partial charge in [-0.05, 0) is 12.2 Å². The molecule has 1 aliphatic heterocycles. The fourth-order valence-corrected chi connectivity index (χ4v) is 0.821. The third-order valence-corrected chi connectivity index (χ3v) is 1.32. The monoisotopic (exact) mass is 148 g/mol. The van der Waals surface area contributed by atoms with Crippen LogP contribution in [0, 0.1) is 6.61 Å². The quantitative estimate of drug-likeness (QED) is 0.643. The Morgan fingerprint density at radius 3 is 3.09 bits per heavy atom. The van der Waals surface area contributed by atoms with Crippen LogP contribution in [-0.4, -0.2) is 15.2 Å². The second-order valence-electron chi connectivity index (χ2n) is 2.04. The fourth-order valence-electron chi connectivity index (χ4n) is 0.821. The topological polar surface area (TPSA) is 50.8 Å². The predicted octanol–water partition coefficient (Wildman–Crippen LogP) is 0.894. The van der Waals surface area contributed by atoms with E-state index < -0.39 is 0 Å². The summed E-state index contributed by atoms with van der Waals surface area (Å²) in [5, 5.41) is 7.47. The number of nitrogens with zero attached hydrogens (tertiary/aromatic N) is 2. The smallest absolute Gasteiger partial charge is 0.167 e. The summed E-state index contributed by atoms with van der Waals surface area (Å²) in [6.45, 7) is 1.61. The van der Waals surface area contributed by atoms with Gasteiger partial charge in [-0.15, -0.1) is 10.2 Å². The minimum Gasteiger partial charge on any atom is -0.489 e. The van der Waals surface area contributed by atoms with Crippen molar-refractivity contribution in [3.63, 3.8) is 0 Å². The third kappa shape index (κ3) is 1.14. The molecule has 0 fully saturated rings. The van der Waals surface area contributed by atoms with Gasteiger partial charge in [0.25, 0.3) is 0 Å². The lowest BCUT2D eigenvalue weighted by molar-refractivity contribution is 0.358. The second kappa shape index (κ2) is 2.57. The summed E-state index contributed by atoms with van der Waals surface area (Å²) in [6, 6.07) is 0. The number of rotatable bonds is 1. The maximum absolute atomic E-state index is 4.94. The largest absolute Gasteiger partial charge is 0.489 e. The van der Waals surface area contributed by atoms with Crippen molar-refractivity contribution < 1.29 is 4.74 Å². The summed E-state index contributed by atoms with van der Waals surface area (Å²) < 4.78 is 4.94. The molecule has 1 radical (unpaired) electrons. The number of hydrogen-bond donors (Lipinski definition) is 1. The number of H-pyrrole nitrogens is 1. The van der Waals surface area contributed by atoms with Crippen LogP contribution in [0.5, 0.6) is 0 Å². The van der Waals surface area contributed by atoms with Crippen molar-refractivity contribution in [1.82, 2.24) is 15.2 Å². The molecule has 1 aliphatic rings. The van der Waals surface area contributed by atoms with Crippen LogP contribution >= 0.6 is 0 Å². The normalized spacial score (nSPS) is 15.8. The number of aromatic amines is 1. The molecule has 4 heteroatoms. The van der Waals surface area contributed by atoms with E-state index in [1.54, 1.807) is 18.9 Å². The van der Waals surface area contributed by atoms with Crippen molar-refractivity contribution in [2.75, 3.05) is 0 Å². The summed E-state index contributed by atoms with van der Waals surface area (Å²) in [6.07, 6.45) is 6.82. The lowest BCUT2D eigenvalue weighted by atomic mass is 10.2. The van der Waals surface area contributed by atoms with Gasteiger partial charge in [-0.2, -0.15) is 0 Å². The molecule has 0 aromatic carbocycles. The Kier molecular flexibility index (Phi) is 1.44. The van der Waals surface area contributed by atoms with Crippen LogP contribution in [0.2, 0.25) is 0 Å². The minimum atomic E-state index is 0.717. The zero-order valence-corrected chi connectivity index (χ0v) is 5.69. The molecule has 1 N–H and O–H groups in total. The molecule has 0 unspecified atom stereocenters. The lowest BCUT2D eigenvalue weighted by Crippen LogP contribution is -1.92. The van der Waals surface area contributed by atoms with E-state index in [0.717, 1.165) is 5.57 Å². The Balaban J connectivity index is 2.29. The van der Waals surface area contributed by atoms with E-state index in [4.69, 9.17) is 4.74 Å². The molecule has 1 aromatic rings.